The summed E-state index contributed by atoms with van der Waals surface area (Å²) in [6.07, 6.45) is 1.34. The lowest BCUT2D eigenvalue weighted by atomic mass is 10.1. The lowest BCUT2D eigenvalue weighted by molar-refractivity contribution is -0.129. The van der Waals surface area contributed by atoms with Crippen LogP contribution in [0, 0.1) is 0 Å². The summed E-state index contributed by atoms with van der Waals surface area (Å²) in [5, 5.41) is 8.72. The van der Waals surface area contributed by atoms with E-state index in [0.717, 1.165) is 11.8 Å². The van der Waals surface area contributed by atoms with Gasteiger partial charge < -0.3 is 10.0 Å². The second kappa shape index (κ2) is 5.97. The van der Waals surface area contributed by atoms with Crippen LogP contribution in [0.5, 0.6) is 0 Å². The highest BCUT2D eigenvalue weighted by molar-refractivity contribution is 7.90. The molecule has 1 rings (SSSR count). The van der Waals surface area contributed by atoms with Gasteiger partial charge >= 0.3 is 0 Å². The van der Waals surface area contributed by atoms with E-state index in [1.54, 1.807) is 19.2 Å². The minimum Gasteiger partial charge on any atom is -0.395 e. The monoisotopic (exact) mass is 271 g/mol. The Bertz CT molecular complexity index is 507. The summed E-state index contributed by atoms with van der Waals surface area (Å²) < 4.78 is 22.5. The normalized spacial score (nSPS) is 11.3. The summed E-state index contributed by atoms with van der Waals surface area (Å²) in [5.41, 5.74) is 0.747. The molecule has 0 aliphatic carbocycles. The number of aliphatic hydroxyl groups is 1. The van der Waals surface area contributed by atoms with Crippen molar-refractivity contribution in [2.45, 2.75) is 11.3 Å². The molecule has 0 aliphatic heterocycles. The molecular weight excluding hydrogens is 254 g/mol. The second-order valence-corrected chi connectivity index (χ2v) is 6.15. The van der Waals surface area contributed by atoms with Gasteiger partial charge in [0.1, 0.15) is 0 Å². The Kier molecular flexibility index (Phi) is 4.86. The number of hydrogen-bond donors (Lipinski definition) is 1. The molecule has 1 aromatic rings. The molecule has 0 spiro atoms. The van der Waals surface area contributed by atoms with Crippen LogP contribution >= 0.6 is 0 Å². The zero-order valence-corrected chi connectivity index (χ0v) is 11.3. The molecule has 0 heterocycles. The third kappa shape index (κ3) is 4.12. The predicted octanol–water partition coefficient (Wildman–Crippen LogP) is 0.0833. The van der Waals surface area contributed by atoms with E-state index < -0.39 is 9.84 Å². The quantitative estimate of drug-likeness (QED) is 0.823. The average Bonchev–Trinajstić information content (AvgIpc) is 2.28. The van der Waals surface area contributed by atoms with Crippen LogP contribution in [0.4, 0.5) is 0 Å². The van der Waals surface area contributed by atoms with Crippen molar-refractivity contribution in [2.75, 3.05) is 26.5 Å². The van der Waals surface area contributed by atoms with E-state index in [0.29, 0.717) is 6.54 Å². The highest BCUT2D eigenvalue weighted by atomic mass is 32.2. The van der Waals surface area contributed by atoms with Crippen LogP contribution in [-0.4, -0.2) is 50.8 Å². The van der Waals surface area contributed by atoms with Gasteiger partial charge in [-0.1, -0.05) is 12.1 Å². The number of carbonyl (C=O) groups excluding carboxylic acids is 1. The molecule has 1 N–H and O–H groups in total. The topological polar surface area (TPSA) is 74.7 Å². The second-order valence-electron chi connectivity index (χ2n) is 4.13. The third-order valence-corrected chi connectivity index (χ3v) is 3.70. The van der Waals surface area contributed by atoms with Crippen molar-refractivity contribution in [2.24, 2.45) is 0 Å². The maximum absolute atomic E-state index is 11.7. The van der Waals surface area contributed by atoms with Crippen molar-refractivity contribution in [3.8, 4) is 0 Å². The van der Waals surface area contributed by atoms with Crippen molar-refractivity contribution in [3.63, 3.8) is 0 Å². The summed E-state index contributed by atoms with van der Waals surface area (Å²) in [6, 6.07) is 6.23. The molecule has 0 aliphatic rings. The highest BCUT2D eigenvalue weighted by Crippen LogP contribution is 2.11. The van der Waals surface area contributed by atoms with Crippen molar-refractivity contribution in [1.29, 1.82) is 0 Å². The number of aliphatic hydroxyl groups excluding tert-OH is 1. The Morgan fingerprint density at radius 1 is 1.28 bits per heavy atom. The molecule has 6 heteroatoms. The van der Waals surface area contributed by atoms with Gasteiger partial charge in [0.2, 0.25) is 5.91 Å². The number of nitrogens with zero attached hydrogens (tertiary/aromatic N) is 1. The van der Waals surface area contributed by atoms with E-state index in [4.69, 9.17) is 5.11 Å². The fourth-order valence-corrected chi connectivity index (χ4v) is 2.07. The van der Waals surface area contributed by atoms with Gasteiger partial charge in [-0.3, -0.25) is 4.79 Å². The van der Waals surface area contributed by atoms with Gasteiger partial charge in [0.05, 0.1) is 17.9 Å². The van der Waals surface area contributed by atoms with Gasteiger partial charge in [-0.2, -0.15) is 0 Å². The smallest absolute Gasteiger partial charge is 0.226 e. The first-order valence-corrected chi connectivity index (χ1v) is 7.37. The summed E-state index contributed by atoms with van der Waals surface area (Å²) in [5.74, 6) is -0.115. The standard InChI is InChI=1S/C12H17NO4S/c1-13(7-8-14)12(15)9-10-3-5-11(6-4-10)18(2,16)17/h3-6,14H,7-9H2,1-2H3. The minimum atomic E-state index is -3.20. The maximum atomic E-state index is 11.7. The summed E-state index contributed by atoms with van der Waals surface area (Å²) in [7, 11) is -1.59. The molecule has 18 heavy (non-hydrogen) atoms. The molecule has 0 saturated carbocycles. The lowest BCUT2D eigenvalue weighted by Gasteiger charge is -2.15. The van der Waals surface area contributed by atoms with Crippen LogP contribution in [-0.2, 0) is 21.1 Å². The number of amides is 1. The van der Waals surface area contributed by atoms with Gasteiger partial charge in [-0.15, -0.1) is 0 Å². The van der Waals surface area contributed by atoms with E-state index in [-0.39, 0.29) is 23.8 Å². The summed E-state index contributed by atoms with van der Waals surface area (Å²) in [6.45, 7) is 0.218. The number of benzene rings is 1. The number of likely N-dealkylation sites (N-methyl/N-ethyl adjacent to an activating group) is 1. The molecular formula is C12H17NO4S. The Balaban J connectivity index is 2.73. The van der Waals surface area contributed by atoms with Crippen LogP contribution in [0.15, 0.2) is 29.2 Å². The fourth-order valence-electron chi connectivity index (χ4n) is 1.44. The van der Waals surface area contributed by atoms with Crippen molar-refractivity contribution >= 4 is 15.7 Å². The Morgan fingerprint density at radius 3 is 2.28 bits per heavy atom. The Hall–Kier alpha value is -1.40. The Labute approximate surface area is 107 Å². The number of carbonyl (C=O) groups is 1. The molecule has 0 atom stereocenters. The first-order valence-electron chi connectivity index (χ1n) is 5.48. The van der Waals surface area contributed by atoms with Crippen molar-refractivity contribution in [1.82, 2.24) is 4.90 Å². The molecule has 5 nitrogen and oxygen atoms in total. The molecule has 1 aromatic carbocycles. The third-order valence-electron chi connectivity index (χ3n) is 2.57. The Morgan fingerprint density at radius 2 is 1.83 bits per heavy atom. The van der Waals surface area contributed by atoms with Gasteiger partial charge in [-0.25, -0.2) is 8.42 Å². The van der Waals surface area contributed by atoms with E-state index in [9.17, 15) is 13.2 Å². The van der Waals surface area contributed by atoms with E-state index >= 15 is 0 Å². The number of sulfone groups is 1. The average molecular weight is 271 g/mol. The van der Waals surface area contributed by atoms with Crippen LogP contribution < -0.4 is 0 Å². The van der Waals surface area contributed by atoms with Crippen LogP contribution in [0.25, 0.3) is 0 Å². The highest BCUT2D eigenvalue weighted by Gasteiger charge is 2.10. The van der Waals surface area contributed by atoms with Crippen LogP contribution in [0.2, 0.25) is 0 Å². The molecule has 100 valence electrons. The first kappa shape index (κ1) is 14.7. The number of hydrogen-bond acceptors (Lipinski definition) is 4. The van der Waals surface area contributed by atoms with Gasteiger partial charge in [0.15, 0.2) is 9.84 Å². The molecule has 0 radical (unpaired) electrons. The fraction of sp³-hybridized carbons (Fsp3) is 0.417. The lowest BCUT2D eigenvalue weighted by Crippen LogP contribution is -2.30. The summed E-state index contributed by atoms with van der Waals surface area (Å²) >= 11 is 0. The first-order chi connectivity index (χ1) is 8.34. The molecule has 0 unspecified atom stereocenters. The maximum Gasteiger partial charge on any atom is 0.226 e. The molecule has 1 amide bonds. The molecule has 0 aromatic heterocycles. The SMILES string of the molecule is CN(CCO)C(=O)Cc1ccc(S(C)(=O)=O)cc1. The van der Waals surface area contributed by atoms with Crippen LogP contribution in [0.3, 0.4) is 0 Å². The largest absolute Gasteiger partial charge is 0.395 e. The minimum absolute atomic E-state index is 0.0742. The van der Waals surface area contributed by atoms with Crippen molar-refractivity contribution < 1.29 is 18.3 Å². The molecule has 0 saturated heterocycles. The van der Waals surface area contributed by atoms with Crippen molar-refractivity contribution in [3.05, 3.63) is 29.8 Å². The van der Waals surface area contributed by atoms with Crippen LogP contribution in [0.1, 0.15) is 5.56 Å². The zero-order valence-electron chi connectivity index (χ0n) is 10.5. The van der Waals surface area contributed by atoms with Gasteiger partial charge in [0.25, 0.3) is 0 Å². The molecule has 0 fully saturated rings. The summed E-state index contributed by atoms with van der Waals surface area (Å²) in [4.78, 5) is 13.4. The number of rotatable bonds is 5. The van der Waals surface area contributed by atoms with Gasteiger partial charge in [0, 0.05) is 19.8 Å². The van der Waals surface area contributed by atoms with E-state index in [2.05, 4.69) is 0 Å². The van der Waals surface area contributed by atoms with E-state index in [1.807, 2.05) is 0 Å². The predicted molar refractivity (Wildman–Crippen MR) is 68.0 cm³/mol. The van der Waals surface area contributed by atoms with E-state index in [1.165, 1.54) is 17.0 Å². The van der Waals surface area contributed by atoms with Gasteiger partial charge in [-0.05, 0) is 17.7 Å². The zero-order chi connectivity index (χ0) is 13.8. The molecule has 0 bridgehead atoms.